The molecule has 3 rings (SSSR count). The maximum Gasteiger partial charge on any atom is 0.349 e. The fourth-order valence-corrected chi connectivity index (χ4v) is 4.30. The van der Waals surface area contributed by atoms with Gasteiger partial charge in [0.25, 0.3) is 0 Å². The van der Waals surface area contributed by atoms with Crippen LogP contribution in [0.1, 0.15) is 17.2 Å². The van der Waals surface area contributed by atoms with E-state index >= 15 is 0 Å². The lowest BCUT2D eigenvalue weighted by atomic mass is 10.1. The molecule has 1 unspecified atom stereocenters. The predicted octanol–water partition coefficient (Wildman–Crippen LogP) is 4.14. The van der Waals surface area contributed by atoms with Crippen molar-refractivity contribution in [1.29, 1.82) is 0 Å². The standard InChI is InChI=1S/C23H20F3NO6S/c1-27(34(30,31)19-7-8-21(32-2)20(26)12-19)13-14-3-5-18(6-4-14)33-22(23(28)29)15-9-16(24)11-17(25)10-15/h3-12,22H,13H2,1-2H3,(H,28,29). The smallest absolute Gasteiger partial charge is 0.349 e. The first-order chi connectivity index (χ1) is 16.0. The van der Waals surface area contributed by atoms with E-state index in [-0.39, 0.29) is 28.5 Å². The van der Waals surface area contributed by atoms with Crippen LogP contribution in [0.5, 0.6) is 11.5 Å². The van der Waals surface area contributed by atoms with Gasteiger partial charge in [-0.3, -0.25) is 0 Å². The highest BCUT2D eigenvalue weighted by atomic mass is 32.2. The summed E-state index contributed by atoms with van der Waals surface area (Å²) < 4.78 is 77.6. The molecule has 0 bridgehead atoms. The third-order valence-electron chi connectivity index (χ3n) is 4.83. The molecule has 180 valence electrons. The van der Waals surface area contributed by atoms with E-state index in [0.29, 0.717) is 11.6 Å². The van der Waals surface area contributed by atoms with Crippen LogP contribution in [0.4, 0.5) is 13.2 Å². The average molecular weight is 495 g/mol. The number of carbonyl (C=O) groups is 1. The van der Waals surface area contributed by atoms with Crippen molar-refractivity contribution in [3.05, 3.63) is 89.2 Å². The molecule has 1 N–H and O–H groups in total. The molecule has 0 aliphatic carbocycles. The van der Waals surface area contributed by atoms with Gasteiger partial charge in [0.2, 0.25) is 16.1 Å². The molecule has 1 atom stereocenters. The minimum absolute atomic E-state index is 0.0757. The molecule has 0 saturated heterocycles. The molecule has 0 amide bonds. The minimum atomic E-state index is -4.01. The second-order valence-electron chi connectivity index (χ2n) is 7.24. The minimum Gasteiger partial charge on any atom is -0.494 e. The Morgan fingerprint density at radius 2 is 1.62 bits per heavy atom. The number of carboxylic acid groups (broad SMARTS) is 1. The van der Waals surface area contributed by atoms with Gasteiger partial charge >= 0.3 is 5.97 Å². The molecule has 11 heteroatoms. The van der Waals surface area contributed by atoms with Gasteiger partial charge in [0, 0.05) is 25.2 Å². The Kier molecular flexibility index (Phi) is 7.48. The Morgan fingerprint density at radius 3 is 2.15 bits per heavy atom. The molecule has 0 aliphatic rings. The van der Waals surface area contributed by atoms with Crippen molar-refractivity contribution in [3.8, 4) is 11.5 Å². The van der Waals surface area contributed by atoms with E-state index in [9.17, 15) is 31.5 Å². The number of halogens is 3. The van der Waals surface area contributed by atoms with Crippen LogP contribution in [-0.2, 0) is 21.4 Å². The highest BCUT2D eigenvalue weighted by Crippen LogP contribution is 2.26. The number of aliphatic carboxylic acids is 1. The molecule has 34 heavy (non-hydrogen) atoms. The Labute approximate surface area is 194 Å². The first-order valence-corrected chi connectivity index (χ1v) is 11.2. The van der Waals surface area contributed by atoms with Gasteiger partial charge < -0.3 is 14.6 Å². The van der Waals surface area contributed by atoms with Gasteiger partial charge in [-0.25, -0.2) is 26.4 Å². The lowest BCUT2D eigenvalue weighted by Crippen LogP contribution is -2.26. The first-order valence-electron chi connectivity index (χ1n) is 9.75. The van der Waals surface area contributed by atoms with Crippen molar-refractivity contribution >= 4 is 16.0 Å². The Balaban J connectivity index is 1.74. The lowest BCUT2D eigenvalue weighted by molar-refractivity contribution is -0.145. The van der Waals surface area contributed by atoms with Crippen molar-refractivity contribution in [1.82, 2.24) is 4.31 Å². The van der Waals surface area contributed by atoms with Crippen molar-refractivity contribution in [3.63, 3.8) is 0 Å². The summed E-state index contributed by atoms with van der Waals surface area (Å²) in [4.78, 5) is 11.3. The predicted molar refractivity (Wildman–Crippen MR) is 115 cm³/mol. The number of nitrogens with zero attached hydrogens (tertiary/aromatic N) is 1. The third kappa shape index (κ3) is 5.67. The van der Waals surface area contributed by atoms with Crippen LogP contribution in [0, 0.1) is 17.5 Å². The normalized spacial score (nSPS) is 12.4. The fourth-order valence-electron chi connectivity index (χ4n) is 3.13. The molecule has 0 aromatic heterocycles. The number of benzene rings is 3. The maximum absolute atomic E-state index is 13.9. The number of ether oxygens (including phenoxy) is 2. The van der Waals surface area contributed by atoms with Crippen molar-refractivity contribution in [2.45, 2.75) is 17.5 Å². The molecule has 0 radical (unpaired) electrons. The van der Waals surface area contributed by atoms with Crippen LogP contribution >= 0.6 is 0 Å². The summed E-state index contributed by atoms with van der Waals surface area (Å²) in [6.45, 7) is -0.0757. The van der Waals surface area contributed by atoms with E-state index < -0.39 is 39.5 Å². The molecule has 0 aliphatic heterocycles. The topological polar surface area (TPSA) is 93.1 Å². The van der Waals surface area contributed by atoms with Gasteiger partial charge in [0.05, 0.1) is 12.0 Å². The first kappa shape index (κ1) is 25.1. The van der Waals surface area contributed by atoms with Crippen LogP contribution in [0.15, 0.2) is 65.6 Å². The molecule has 0 saturated carbocycles. The zero-order chi connectivity index (χ0) is 25.0. The monoisotopic (exact) mass is 495 g/mol. The molecule has 0 spiro atoms. The second-order valence-corrected chi connectivity index (χ2v) is 9.29. The van der Waals surface area contributed by atoms with E-state index in [1.54, 1.807) is 0 Å². The molecular formula is C23H20F3NO6S. The number of rotatable bonds is 9. The highest BCUT2D eigenvalue weighted by Gasteiger charge is 2.25. The second kappa shape index (κ2) is 10.1. The number of hydrogen-bond donors (Lipinski definition) is 1. The summed E-state index contributed by atoms with van der Waals surface area (Å²) in [5, 5.41) is 9.42. The lowest BCUT2D eigenvalue weighted by Gasteiger charge is -2.19. The maximum atomic E-state index is 13.9. The number of sulfonamides is 1. The van der Waals surface area contributed by atoms with E-state index in [2.05, 4.69) is 0 Å². The highest BCUT2D eigenvalue weighted by molar-refractivity contribution is 7.89. The fraction of sp³-hybridized carbons (Fsp3) is 0.174. The largest absolute Gasteiger partial charge is 0.494 e. The third-order valence-corrected chi connectivity index (χ3v) is 6.63. The van der Waals surface area contributed by atoms with Gasteiger partial charge in [0.15, 0.2) is 11.6 Å². The number of methoxy groups -OCH3 is 1. The Morgan fingerprint density at radius 1 is 1.00 bits per heavy atom. The van der Waals surface area contributed by atoms with Gasteiger partial charge in [-0.05, 0) is 48.0 Å². The Hall–Kier alpha value is -3.57. The van der Waals surface area contributed by atoms with Crippen LogP contribution in [0.2, 0.25) is 0 Å². The van der Waals surface area contributed by atoms with E-state index in [1.165, 1.54) is 50.6 Å². The summed E-state index contributed by atoms with van der Waals surface area (Å²) in [6, 6.07) is 11.4. The van der Waals surface area contributed by atoms with Crippen LogP contribution < -0.4 is 9.47 Å². The SMILES string of the molecule is COc1ccc(S(=O)(=O)N(C)Cc2ccc(OC(C(=O)O)c3cc(F)cc(F)c3)cc2)cc1F. The number of hydrogen-bond acceptors (Lipinski definition) is 5. The van der Waals surface area contributed by atoms with Crippen LogP contribution in [0.3, 0.4) is 0 Å². The van der Waals surface area contributed by atoms with Gasteiger partial charge in [-0.2, -0.15) is 4.31 Å². The molecule has 0 fully saturated rings. The zero-order valence-electron chi connectivity index (χ0n) is 18.0. The summed E-state index contributed by atoms with van der Waals surface area (Å²) in [5.74, 6) is -4.15. The van der Waals surface area contributed by atoms with Crippen molar-refractivity contribution in [2.75, 3.05) is 14.2 Å². The van der Waals surface area contributed by atoms with Crippen LogP contribution in [0.25, 0.3) is 0 Å². The summed E-state index contributed by atoms with van der Waals surface area (Å²) >= 11 is 0. The van der Waals surface area contributed by atoms with E-state index in [1.807, 2.05) is 0 Å². The average Bonchev–Trinajstić information content (AvgIpc) is 2.77. The molecule has 3 aromatic carbocycles. The Bertz CT molecular complexity index is 1280. The molecule has 3 aromatic rings. The summed E-state index contributed by atoms with van der Waals surface area (Å²) in [6.07, 6.45) is -1.66. The zero-order valence-corrected chi connectivity index (χ0v) is 18.9. The van der Waals surface area contributed by atoms with Gasteiger partial charge in [0.1, 0.15) is 17.4 Å². The van der Waals surface area contributed by atoms with Crippen molar-refractivity contribution < 1.29 is 41.0 Å². The van der Waals surface area contributed by atoms with E-state index in [4.69, 9.17) is 9.47 Å². The molecular weight excluding hydrogens is 475 g/mol. The summed E-state index contributed by atoms with van der Waals surface area (Å²) in [7, 11) is -1.43. The van der Waals surface area contributed by atoms with Gasteiger partial charge in [-0.15, -0.1) is 0 Å². The van der Waals surface area contributed by atoms with Crippen LogP contribution in [-0.4, -0.2) is 38.0 Å². The molecule has 0 heterocycles. The quantitative estimate of drug-likeness (QED) is 0.480. The summed E-state index contributed by atoms with van der Waals surface area (Å²) in [5.41, 5.74) is 0.308. The van der Waals surface area contributed by atoms with E-state index in [0.717, 1.165) is 22.5 Å². The number of carboxylic acids is 1. The van der Waals surface area contributed by atoms with Gasteiger partial charge in [-0.1, -0.05) is 12.1 Å². The van der Waals surface area contributed by atoms with Crippen molar-refractivity contribution in [2.24, 2.45) is 0 Å². The molecule has 7 nitrogen and oxygen atoms in total.